The van der Waals surface area contributed by atoms with Gasteiger partial charge >= 0.3 is 0 Å². The van der Waals surface area contributed by atoms with Crippen molar-refractivity contribution < 1.29 is 17.9 Å². The fraction of sp³-hybridized carbons (Fsp3) is 0.368. The summed E-state index contributed by atoms with van der Waals surface area (Å²) in [5.74, 6) is -0.100. The first-order valence-corrected chi connectivity index (χ1v) is 10.9. The van der Waals surface area contributed by atoms with Crippen molar-refractivity contribution in [3.63, 3.8) is 0 Å². The molecule has 1 saturated carbocycles. The zero-order chi connectivity index (χ0) is 20.1. The average molecular weight is 424 g/mol. The van der Waals surface area contributed by atoms with Gasteiger partial charge < -0.3 is 10.1 Å². The van der Waals surface area contributed by atoms with Gasteiger partial charge in [0.25, 0.3) is 15.9 Å². The van der Waals surface area contributed by atoms with Crippen molar-refractivity contribution in [3.05, 3.63) is 47.2 Å². The van der Waals surface area contributed by atoms with Crippen molar-refractivity contribution in [1.82, 2.24) is 10.3 Å². The van der Waals surface area contributed by atoms with Crippen molar-refractivity contribution in [2.24, 2.45) is 0 Å². The number of anilines is 1. The second-order valence-corrected chi connectivity index (χ2v) is 8.76. The van der Waals surface area contributed by atoms with Crippen LogP contribution in [-0.2, 0) is 10.0 Å². The maximum atomic E-state index is 12.8. The molecule has 7 nitrogen and oxygen atoms in total. The fourth-order valence-electron chi connectivity index (χ4n) is 3.21. The molecule has 3 rings (SSSR count). The molecule has 0 atom stereocenters. The number of carbonyl (C=O) groups is 1. The molecule has 1 aromatic carbocycles. The molecule has 1 aliphatic carbocycles. The molecule has 2 N–H and O–H groups in total. The number of amides is 1. The first-order valence-electron chi connectivity index (χ1n) is 9.01. The molecule has 0 bridgehead atoms. The number of carbonyl (C=O) groups excluding carboxylic acids is 1. The number of ether oxygens (including phenoxy) is 1. The van der Waals surface area contributed by atoms with Gasteiger partial charge in [0.1, 0.15) is 10.6 Å². The minimum Gasteiger partial charge on any atom is -0.495 e. The van der Waals surface area contributed by atoms with Crippen molar-refractivity contribution >= 4 is 33.2 Å². The van der Waals surface area contributed by atoms with E-state index in [0.29, 0.717) is 5.56 Å². The molecule has 1 aliphatic rings. The lowest BCUT2D eigenvalue weighted by Gasteiger charge is -2.22. The van der Waals surface area contributed by atoms with Crippen LogP contribution in [0.2, 0.25) is 5.02 Å². The molecule has 9 heteroatoms. The molecular formula is C19H22ClN3O4S. The van der Waals surface area contributed by atoms with Crippen LogP contribution in [0.3, 0.4) is 0 Å². The van der Waals surface area contributed by atoms with E-state index in [0.717, 1.165) is 25.7 Å². The third kappa shape index (κ3) is 4.94. The van der Waals surface area contributed by atoms with E-state index in [2.05, 4.69) is 15.0 Å². The quantitative estimate of drug-likeness (QED) is 0.739. The third-order valence-corrected chi connectivity index (χ3v) is 6.25. The van der Waals surface area contributed by atoms with E-state index in [9.17, 15) is 13.2 Å². The summed E-state index contributed by atoms with van der Waals surface area (Å²) in [7, 11) is -2.60. The van der Waals surface area contributed by atoms with Gasteiger partial charge in [-0.25, -0.2) is 8.42 Å². The highest BCUT2D eigenvalue weighted by Gasteiger charge is 2.22. The average Bonchev–Trinajstić information content (AvgIpc) is 2.68. The van der Waals surface area contributed by atoms with Crippen LogP contribution in [-0.4, -0.2) is 32.5 Å². The first-order chi connectivity index (χ1) is 13.4. The normalized spacial score (nSPS) is 15.1. The van der Waals surface area contributed by atoms with E-state index in [1.165, 1.54) is 50.2 Å². The van der Waals surface area contributed by atoms with Crippen LogP contribution in [0.1, 0.15) is 42.5 Å². The van der Waals surface area contributed by atoms with Gasteiger partial charge in [0.05, 0.1) is 24.6 Å². The number of halogens is 1. The Labute approximate surface area is 169 Å². The lowest BCUT2D eigenvalue weighted by atomic mass is 9.95. The van der Waals surface area contributed by atoms with E-state index in [1.807, 2.05) is 0 Å². The van der Waals surface area contributed by atoms with Gasteiger partial charge in [0.2, 0.25) is 0 Å². The van der Waals surface area contributed by atoms with Crippen LogP contribution >= 0.6 is 11.6 Å². The maximum Gasteiger partial charge on any atom is 0.265 e. The molecule has 28 heavy (non-hydrogen) atoms. The smallest absolute Gasteiger partial charge is 0.265 e. The molecule has 2 aromatic rings. The summed E-state index contributed by atoms with van der Waals surface area (Å²) in [5, 5.41) is 3.25. The van der Waals surface area contributed by atoms with E-state index in [1.54, 1.807) is 0 Å². The second kappa shape index (κ2) is 8.79. The van der Waals surface area contributed by atoms with E-state index in [-0.39, 0.29) is 33.3 Å². The summed E-state index contributed by atoms with van der Waals surface area (Å²) < 4.78 is 33.0. The van der Waals surface area contributed by atoms with Crippen LogP contribution in [0, 0.1) is 0 Å². The van der Waals surface area contributed by atoms with Crippen LogP contribution in [0.5, 0.6) is 5.75 Å². The summed E-state index contributed by atoms with van der Waals surface area (Å²) in [6, 6.07) is 5.92. The van der Waals surface area contributed by atoms with Crippen molar-refractivity contribution in [2.45, 2.75) is 43.0 Å². The van der Waals surface area contributed by atoms with Crippen molar-refractivity contribution in [3.8, 4) is 5.75 Å². The Morgan fingerprint density at radius 2 is 1.93 bits per heavy atom. The van der Waals surface area contributed by atoms with Crippen LogP contribution in [0.15, 0.2) is 41.6 Å². The number of hydrogen-bond acceptors (Lipinski definition) is 5. The summed E-state index contributed by atoms with van der Waals surface area (Å²) >= 11 is 5.93. The molecule has 0 aliphatic heterocycles. The first kappa shape index (κ1) is 20.4. The summed E-state index contributed by atoms with van der Waals surface area (Å²) in [4.78, 5) is 16.4. The number of aromatic nitrogens is 1. The molecule has 1 amide bonds. The predicted octanol–water partition coefficient (Wildman–Crippen LogP) is 3.61. The molecule has 0 radical (unpaired) electrons. The Kier molecular flexibility index (Phi) is 6.41. The largest absolute Gasteiger partial charge is 0.495 e. The topological polar surface area (TPSA) is 97.4 Å². The van der Waals surface area contributed by atoms with Gasteiger partial charge in [-0.3, -0.25) is 14.5 Å². The van der Waals surface area contributed by atoms with Crippen LogP contribution in [0.25, 0.3) is 0 Å². The Morgan fingerprint density at radius 1 is 1.18 bits per heavy atom. The van der Waals surface area contributed by atoms with Gasteiger partial charge in [-0.05, 0) is 37.1 Å². The number of pyridine rings is 1. The predicted molar refractivity (Wildman–Crippen MR) is 107 cm³/mol. The maximum absolute atomic E-state index is 12.8. The van der Waals surface area contributed by atoms with Gasteiger partial charge in [-0.2, -0.15) is 0 Å². The summed E-state index contributed by atoms with van der Waals surface area (Å²) in [5.41, 5.74) is 0.474. The molecule has 1 aromatic heterocycles. The van der Waals surface area contributed by atoms with Gasteiger partial charge in [-0.15, -0.1) is 0 Å². The number of nitrogens with one attached hydrogen (secondary N) is 2. The zero-order valence-corrected chi connectivity index (χ0v) is 17.0. The summed E-state index contributed by atoms with van der Waals surface area (Å²) in [6.07, 6.45) is 8.06. The van der Waals surface area contributed by atoms with Gasteiger partial charge in [-0.1, -0.05) is 30.9 Å². The lowest BCUT2D eigenvalue weighted by Crippen LogP contribution is -2.36. The lowest BCUT2D eigenvalue weighted by molar-refractivity contribution is 0.0927. The number of nitrogens with zero attached hydrogens (tertiary/aromatic N) is 1. The highest BCUT2D eigenvalue weighted by molar-refractivity contribution is 7.92. The Morgan fingerprint density at radius 3 is 2.64 bits per heavy atom. The Balaban J connectivity index is 1.78. The molecule has 0 saturated heterocycles. The van der Waals surface area contributed by atoms with Crippen LogP contribution < -0.4 is 14.8 Å². The number of sulfonamides is 1. The number of hydrogen-bond donors (Lipinski definition) is 2. The van der Waals surface area contributed by atoms with Crippen LogP contribution in [0.4, 0.5) is 5.69 Å². The number of rotatable bonds is 6. The molecular weight excluding hydrogens is 402 g/mol. The summed E-state index contributed by atoms with van der Waals surface area (Å²) in [6.45, 7) is 0. The van der Waals surface area contributed by atoms with E-state index < -0.39 is 10.0 Å². The zero-order valence-electron chi connectivity index (χ0n) is 15.4. The standard InChI is InChI=1S/C19H22ClN3O4S/c1-27-17-8-7-14(20)10-18(17)28(25,26)23-16-9-13(11-21-12-16)19(24)22-15-5-3-2-4-6-15/h7-12,15,23H,2-6H2,1H3,(H,22,24). The Hall–Kier alpha value is -2.32. The van der Waals surface area contributed by atoms with E-state index >= 15 is 0 Å². The highest BCUT2D eigenvalue weighted by Crippen LogP contribution is 2.28. The molecule has 0 spiro atoms. The minimum absolute atomic E-state index is 0.0976. The SMILES string of the molecule is COc1ccc(Cl)cc1S(=O)(=O)Nc1cncc(C(=O)NC2CCCCC2)c1. The molecule has 1 heterocycles. The van der Waals surface area contributed by atoms with Gasteiger partial charge in [0.15, 0.2) is 0 Å². The monoisotopic (exact) mass is 423 g/mol. The number of benzene rings is 1. The molecule has 1 fully saturated rings. The van der Waals surface area contributed by atoms with Crippen molar-refractivity contribution in [1.29, 1.82) is 0 Å². The highest BCUT2D eigenvalue weighted by atomic mass is 35.5. The van der Waals surface area contributed by atoms with E-state index in [4.69, 9.17) is 16.3 Å². The fourth-order valence-corrected chi connectivity index (χ4v) is 4.67. The minimum atomic E-state index is -3.98. The van der Waals surface area contributed by atoms with Gasteiger partial charge in [0, 0.05) is 17.3 Å². The molecule has 150 valence electrons. The molecule has 0 unspecified atom stereocenters. The van der Waals surface area contributed by atoms with Crippen molar-refractivity contribution in [2.75, 3.05) is 11.8 Å². The second-order valence-electron chi connectivity index (χ2n) is 6.67. The number of methoxy groups -OCH3 is 1. The Bertz CT molecular complexity index is 959. The third-order valence-electron chi connectivity index (χ3n) is 4.61.